The molecular weight excluding hydrogens is 422 g/mol. The van der Waals surface area contributed by atoms with E-state index in [1.165, 1.54) is 0 Å². The molecule has 178 valence electrons. The van der Waals surface area contributed by atoms with Crippen molar-refractivity contribution >= 4 is 23.6 Å². The van der Waals surface area contributed by atoms with Gasteiger partial charge in [-0.15, -0.1) is 0 Å². The summed E-state index contributed by atoms with van der Waals surface area (Å²) >= 11 is 0. The smallest absolute Gasteiger partial charge is 0.383 e. The summed E-state index contributed by atoms with van der Waals surface area (Å²) in [6.07, 6.45) is 1.83. The summed E-state index contributed by atoms with van der Waals surface area (Å²) in [6, 6.07) is 1.52. The topological polar surface area (TPSA) is 90.5 Å². The number of rotatable bonds is 17. The Bertz CT molecular complexity index is 453. The van der Waals surface area contributed by atoms with Crippen molar-refractivity contribution in [3.8, 4) is 0 Å². The second kappa shape index (κ2) is 15.3. The quantitative estimate of drug-likeness (QED) is 0.252. The van der Waals surface area contributed by atoms with Crippen molar-refractivity contribution in [1.29, 1.82) is 0 Å². The third kappa shape index (κ3) is 8.91. The lowest BCUT2D eigenvalue weighted by atomic mass is 10.4. The first-order valence-electron chi connectivity index (χ1n) is 11.5. The zero-order valence-electron chi connectivity index (χ0n) is 19.6. The van der Waals surface area contributed by atoms with Crippen LogP contribution in [-0.4, -0.2) is 87.3 Å². The highest BCUT2D eigenvalue weighted by Gasteiger charge is 2.48. The molecule has 0 bridgehead atoms. The van der Waals surface area contributed by atoms with Crippen molar-refractivity contribution < 1.29 is 26.9 Å². The fourth-order valence-electron chi connectivity index (χ4n) is 3.80. The number of nitrogens with zero attached hydrogens (tertiary/aromatic N) is 1. The molecule has 1 aliphatic rings. The largest absolute Gasteiger partial charge is 0.500 e. The molecule has 0 atom stereocenters. The Morgan fingerprint density at radius 2 is 1.47 bits per heavy atom. The minimum Gasteiger partial charge on any atom is -0.383 e. The number of hydrogen-bond donors (Lipinski definition) is 2. The van der Waals surface area contributed by atoms with Gasteiger partial charge in [0.25, 0.3) is 0 Å². The van der Waals surface area contributed by atoms with Gasteiger partial charge in [0.15, 0.2) is 0 Å². The molecule has 1 saturated heterocycles. The molecule has 0 saturated carbocycles. The monoisotopic (exact) mass is 465 g/mol. The van der Waals surface area contributed by atoms with Crippen LogP contribution < -0.4 is 10.6 Å². The van der Waals surface area contributed by atoms with Crippen molar-refractivity contribution in [2.45, 2.75) is 59.5 Å². The molecule has 0 aliphatic carbocycles. The molecule has 0 unspecified atom stereocenters. The number of carbonyl (C=O) groups excluding carboxylic acids is 1. The van der Waals surface area contributed by atoms with Gasteiger partial charge in [0.05, 0.1) is 0 Å². The molecule has 0 aromatic carbocycles. The van der Waals surface area contributed by atoms with E-state index in [4.69, 9.17) is 22.1 Å². The standard InChI is InChI=1S/C19H43N3O6Si2/c1-6-24-29(25-7-2)17-12-15-22(29)16-14-21-19(23)20-13-11-18-30(26-8-3,27-9-4)28-10-5/h6-18H2,1-5H3,(H2,20,21,23). The second-order valence-electron chi connectivity index (χ2n) is 6.94. The summed E-state index contributed by atoms with van der Waals surface area (Å²) in [6.45, 7) is 15.7. The summed E-state index contributed by atoms with van der Waals surface area (Å²) in [5.74, 6) is 0. The van der Waals surface area contributed by atoms with Crippen LogP contribution in [0, 0.1) is 0 Å². The van der Waals surface area contributed by atoms with E-state index in [2.05, 4.69) is 15.2 Å². The Morgan fingerprint density at radius 3 is 2.00 bits per heavy atom. The summed E-state index contributed by atoms with van der Waals surface area (Å²) in [5, 5.41) is 5.86. The predicted octanol–water partition coefficient (Wildman–Crippen LogP) is 2.44. The van der Waals surface area contributed by atoms with Crippen LogP contribution in [0.15, 0.2) is 0 Å². The minimum absolute atomic E-state index is 0.161. The Morgan fingerprint density at radius 1 is 0.900 bits per heavy atom. The van der Waals surface area contributed by atoms with E-state index < -0.39 is 17.5 Å². The zero-order chi connectivity index (χ0) is 22.3. The normalized spacial score (nSPS) is 16.7. The van der Waals surface area contributed by atoms with Gasteiger partial charge in [-0.3, -0.25) is 4.57 Å². The lowest BCUT2D eigenvalue weighted by molar-refractivity contribution is 0.0708. The van der Waals surface area contributed by atoms with E-state index in [0.29, 0.717) is 52.2 Å². The van der Waals surface area contributed by atoms with Crippen molar-refractivity contribution in [2.75, 3.05) is 59.2 Å². The maximum atomic E-state index is 12.2. The SMILES string of the molecule is CCO[Si](CCCNC(=O)NCCN1CCC[Si]1(OCC)OCC)(OCC)OCC. The van der Waals surface area contributed by atoms with E-state index in [1.807, 2.05) is 34.6 Å². The molecule has 9 nitrogen and oxygen atoms in total. The Labute approximate surface area is 184 Å². The zero-order valence-corrected chi connectivity index (χ0v) is 21.6. The first kappa shape index (κ1) is 27.5. The van der Waals surface area contributed by atoms with Gasteiger partial charge in [-0.1, -0.05) is 0 Å². The number of carbonyl (C=O) groups is 1. The van der Waals surface area contributed by atoms with Crippen LogP contribution >= 0.6 is 0 Å². The maximum Gasteiger partial charge on any atom is 0.500 e. The van der Waals surface area contributed by atoms with Crippen LogP contribution in [0.25, 0.3) is 0 Å². The molecular formula is C19H43N3O6Si2. The van der Waals surface area contributed by atoms with Crippen LogP contribution in [0.1, 0.15) is 47.5 Å². The van der Waals surface area contributed by atoms with Crippen LogP contribution in [-0.2, 0) is 22.1 Å². The third-order valence-electron chi connectivity index (χ3n) is 4.85. The van der Waals surface area contributed by atoms with Crippen molar-refractivity contribution in [2.24, 2.45) is 0 Å². The number of urea groups is 1. The highest BCUT2D eigenvalue weighted by Crippen LogP contribution is 2.27. The molecule has 30 heavy (non-hydrogen) atoms. The van der Waals surface area contributed by atoms with E-state index in [-0.39, 0.29) is 6.03 Å². The van der Waals surface area contributed by atoms with Crippen LogP contribution in [0.5, 0.6) is 0 Å². The number of hydrogen-bond acceptors (Lipinski definition) is 7. The van der Waals surface area contributed by atoms with Crippen molar-refractivity contribution in [3.63, 3.8) is 0 Å². The van der Waals surface area contributed by atoms with Gasteiger partial charge in [0.1, 0.15) is 0 Å². The summed E-state index contributed by atoms with van der Waals surface area (Å²) in [4.78, 5) is 12.2. The van der Waals surface area contributed by atoms with Crippen LogP contribution in [0.4, 0.5) is 4.79 Å². The molecule has 1 aliphatic heterocycles. The molecule has 0 radical (unpaired) electrons. The fourth-order valence-corrected chi connectivity index (χ4v) is 9.92. The Kier molecular flexibility index (Phi) is 14.0. The van der Waals surface area contributed by atoms with E-state index >= 15 is 0 Å². The molecule has 11 heteroatoms. The molecule has 0 spiro atoms. The van der Waals surface area contributed by atoms with Crippen molar-refractivity contribution in [3.05, 3.63) is 0 Å². The third-order valence-corrected chi connectivity index (χ3v) is 11.9. The average molecular weight is 466 g/mol. The summed E-state index contributed by atoms with van der Waals surface area (Å²) < 4.78 is 31.9. The molecule has 0 aromatic heterocycles. The van der Waals surface area contributed by atoms with E-state index in [1.54, 1.807) is 0 Å². The van der Waals surface area contributed by atoms with Crippen LogP contribution in [0.2, 0.25) is 12.1 Å². The number of nitrogens with one attached hydrogen (secondary N) is 2. The maximum absolute atomic E-state index is 12.2. The lowest BCUT2D eigenvalue weighted by Gasteiger charge is -2.34. The fraction of sp³-hybridized carbons (Fsp3) is 0.947. The van der Waals surface area contributed by atoms with Gasteiger partial charge in [-0.25, -0.2) is 4.79 Å². The van der Waals surface area contributed by atoms with Gasteiger partial charge < -0.3 is 32.8 Å². The first-order valence-corrected chi connectivity index (χ1v) is 15.4. The van der Waals surface area contributed by atoms with Gasteiger partial charge in [0, 0.05) is 64.8 Å². The Balaban J connectivity index is 2.34. The minimum atomic E-state index is -2.64. The van der Waals surface area contributed by atoms with E-state index in [0.717, 1.165) is 32.0 Å². The second-order valence-corrected chi connectivity index (χ2v) is 12.8. The molecule has 1 fully saturated rings. The lowest BCUT2D eigenvalue weighted by Crippen LogP contribution is -2.56. The molecule has 2 amide bonds. The van der Waals surface area contributed by atoms with E-state index in [9.17, 15) is 4.79 Å². The van der Waals surface area contributed by atoms with Gasteiger partial charge >= 0.3 is 23.6 Å². The number of amides is 2. The van der Waals surface area contributed by atoms with Crippen molar-refractivity contribution in [1.82, 2.24) is 15.2 Å². The molecule has 1 rings (SSSR count). The molecule has 1 heterocycles. The summed E-state index contributed by atoms with van der Waals surface area (Å²) in [7, 11) is -4.93. The van der Waals surface area contributed by atoms with Crippen LogP contribution in [0.3, 0.4) is 0 Å². The van der Waals surface area contributed by atoms with Gasteiger partial charge in [0.2, 0.25) is 0 Å². The van der Waals surface area contributed by atoms with Gasteiger partial charge in [-0.05, 0) is 54.0 Å². The predicted molar refractivity (Wildman–Crippen MR) is 121 cm³/mol. The molecule has 2 N–H and O–H groups in total. The molecule has 0 aromatic rings. The first-order chi connectivity index (χ1) is 14.5. The van der Waals surface area contributed by atoms with Gasteiger partial charge in [-0.2, -0.15) is 0 Å². The Hall–Kier alpha value is -0.536. The highest BCUT2D eigenvalue weighted by atomic mass is 28.4. The summed E-state index contributed by atoms with van der Waals surface area (Å²) in [5.41, 5.74) is 0. The highest BCUT2D eigenvalue weighted by molar-refractivity contribution is 6.65. The average Bonchev–Trinajstić information content (AvgIpc) is 3.09.